The van der Waals surface area contributed by atoms with Crippen molar-refractivity contribution in [2.45, 2.75) is 13.8 Å². The van der Waals surface area contributed by atoms with E-state index in [0.717, 1.165) is 49.3 Å². The quantitative estimate of drug-likeness (QED) is 0.269. The number of halogens is 1. The Morgan fingerprint density at radius 2 is 1.94 bits per heavy atom. The molecule has 0 aliphatic rings. The number of benzene rings is 1. The van der Waals surface area contributed by atoms with Crippen molar-refractivity contribution in [2.75, 3.05) is 5.32 Å². The number of nitrogens with zero attached hydrogens (tertiary/aromatic N) is 4. The van der Waals surface area contributed by atoms with Crippen LogP contribution in [-0.2, 0) is 4.79 Å². The third-order valence-corrected chi connectivity index (χ3v) is 6.76. The minimum absolute atomic E-state index is 0.0748. The van der Waals surface area contributed by atoms with Crippen LogP contribution in [0, 0.1) is 11.0 Å². The van der Waals surface area contributed by atoms with E-state index in [0.29, 0.717) is 22.9 Å². The molecule has 0 radical (unpaired) electrons. The number of hydrogen-bond donors (Lipinski definition) is 3. The van der Waals surface area contributed by atoms with E-state index in [1.807, 2.05) is 44.2 Å². The number of rotatable bonds is 5. The highest BCUT2D eigenvalue weighted by atomic mass is 32.1. The number of H-pyrrole nitrogens is 2. The van der Waals surface area contributed by atoms with Crippen LogP contribution in [-0.4, -0.2) is 36.0 Å². The number of para-hydroxylation sites is 1. The van der Waals surface area contributed by atoms with Crippen LogP contribution in [0.2, 0.25) is 0 Å². The second kappa shape index (κ2) is 8.65. The summed E-state index contributed by atoms with van der Waals surface area (Å²) in [6, 6.07) is 12.8. The first-order valence-corrected chi connectivity index (χ1v) is 12.1. The molecule has 0 unspecified atom stereocenters. The van der Waals surface area contributed by atoms with Gasteiger partial charge in [-0.25, -0.2) is 9.97 Å². The Morgan fingerprint density at radius 1 is 1.08 bits per heavy atom. The number of nitrogens with one attached hydrogen (secondary N) is 3. The summed E-state index contributed by atoms with van der Waals surface area (Å²) in [7, 11) is 0. The van der Waals surface area contributed by atoms with Crippen molar-refractivity contribution in [3.05, 3.63) is 66.2 Å². The molecule has 36 heavy (non-hydrogen) atoms. The Kier molecular flexibility index (Phi) is 5.30. The van der Waals surface area contributed by atoms with Crippen LogP contribution in [0.15, 0.2) is 61.1 Å². The number of imidazole rings is 1. The Morgan fingerprint density at radius 3 is 2.75 bits per heavy atom. The van der Waals surface area contributed by atoms with E-state index in [4.69, 9.17) is 4.98 Å². The van der Waals surface area contributed by atoms with Gasteiger partial charge in [-0.1, -0.05) is 26.0 Å². The lowest BCUT2D eigenvalue weighted by Gasteiger charge is -2.09. The number of pyridine rings is 2. The third kappa shape index (κ3) is 3.91. The minimum atomic E-state index is -0.239. The van der Waals surface area contributed by atoms with Crippen molar-refractivity contribution in [3.63, 3.8) is 0 Å². The maximum Gasteiger partial charge on any atom is 0.226 e. The van der Waals surface area contributed by atoms with Gasteiger partial charge in [0.05, 0.1) is 28.3 Å². The highest BCUT2D eigenvalue weighted by molar-refractivity contribution is 7.14. The zero-order valence-corrected chi connectivity index (χ0v) is 20.2. The number of anilines is 1. The van der Waals surface area contributed by atoms with Crippen molar-refractivity contribution in [1.82, 2.24) is 30.1 Å². The molecule has 0 bridgehead atoms. The van der Waals surface area contributed by atoms with Crippen LogP contribution >= 0.6 is 11.3 Å². The summed E-state index contributed by atoms with van der Waals surface area (Å²) in [5, 5.41) is 10.9. The van der Waals surface area contributed by atoms with Gasteiger partial charge in [0.25, 0.3) is 0 Å². The monoisotopic (exact) mass is 497 g/mol. The first kappa shape index (κ1) is 22.1. The van der Waals surface area contributed by atoms with Gasteiger partial charge in [0.2, 0.25) is 5.91 Å². The second-order valence-corrected chi connectivity index (χ2v) is 9.72. The second-order valence-electron chi connectivity index (χ2n) is 8.69. The van der Waals surface area contributed by atoms with Crippen LogP contribution in [0.1, 0.15) is 13.8 Å². The molecule has 0 saturated heterocycles. The molecule has 0 spiro atoms. The van der Waals surface area contributed by atoms with Crippen LogP contribution < -0.4 is 5.32 Å². The SMILES string of the molecule is CC(C)C(=O)Nc1cncc(-c2cnc3[nH]nc(-c4nc5c(-c6ccc(F)s6)cccc5[nH]4)c3c2)c1. The number of aromatic nitrogens is 6. The van der Waals surface area contributed by atoms with E-state index in [9.17, 15) is 9.18 Å². The van der Waals surface area contributed by atoms with Gasteiger partial charge in [-0.2, -0.15) is 9.49 Å². The standard InChI is InChI=1S/C26H20FN7OS/c1-13(2)26(35)30-16-8-14(10-28-12-16)15-9-18-23(33-34-24(18)29-11-15)25-31-19-5-3-4-17(22(19)32-25)20-6-7-21(27)36-20/h3-13H,1-2H3,(H,30,35)(H,31,32)(H,29,33,34). The van der Waals surface area contributed by atoms with E-state index in [-0.39, 0.29) is 17.0 Å². The van der Waals surface area contributed by atoms with Crippen LogP contribution in [0.4, 0.5) is 10.1 Å². The number of carbonyl (C=O) groups is 1. The fourth-order valence-electron chi connectivity index (χ4n) is 4.00. The predicted octanol–water partition coefficient (Wildman–Crippen LogP) is 6.03. The van der Waals surface area contributed by atoms with E-state index in [1.165, 1.54) is 6.07 Å². The molecule has 10 heteroatoms. The summed E-state index contributed by atoms with van der Waals surface area (Å²) < 4.78 is 13.7. The highest BCUT2D eigenvalue weighted by Crippen LogP contribution is 2.35. The molecule has 1 aromatic carbocycles. The average Bonchev–Trinajstić information content (AvgIpc) is 3.61. The number of hydrogen-bond acceptors (Lipinski definition) is 6. The lowest BCUT2D eigenvalue weighted by Crippen LogP contribution is -2.17. The van der Waals surface area contributed by atoms with Gasteiger partial charge in [0, 0.05) is 39.9 Å². The molecule has 5 heterocycles. The molecule has 8 nitrogen and oxygen atoms in total. The first-order valence-electron chi connectivity index (χ1n) is 11.3. The van der Waals surface area contributed by atoms with E-state index in [1.54, 1.807) is 24.7 Å². The molecular formula is C26H20FN7OS. The Bertz CT molecular complexity index is 1750. The zero-order chi connectivity index (χ0) is 24.8. The topological polar surface area (TPSA) is 112 Å². The number of carbonyl (C=O) groups excluding carboxylic acids is 1. The molecule has 6 aromatic rings. The van der Waals surface area contributed by atoms with Crippen molar-refractivity contribution < 1.29 is 9.18 Å². The lowest BCUT2D eigenvalue weighted by atomic mass is 10.1. The molecule has 178 valence electrons. The summed E-state index contributed by atoms with van der Waals surface area (Å²) in [5.74, 6) is 0.369. The summed E-state index contributed by atoms with van der Waals surface area (Å²) in [5.41, 5.74) is 5.92. The molecule has 1 amide bonds. The van der Waals surface area contributed by atoms with Gasteiger partial charge in [-0.15, -0.1) is 11.3 Å². The largest absolute Gasteiger partial charge is 0.337 e. The molecule has 0 aliphatic heterocycles. The summed E-state index contributed by atoms with van der Waals surface area (Å²) in [6.45, 7) is 3.68. The van der Waals surface area contributed by atoms with Gasteiger partial charge < -0.3 is 10.3 Å². The van der Waals surface area contributed by atoms with E-state index in [2.05, 4.69) is 30.5 Å². The minimum Gasteiger partial charge on any atom is -0.337 e. The maximum atomic E-state index is 13.7. The molecule has 0 atom stereocenters. The van der Waals surface area contributed by atoms with Gasteiger partial charge in [-0.05, 0) is 30.3 Å². The number of fused-ring (bicyclic) bond motifs is 2. The van der Waals surface area contributed by atoms with Crippen molar-refractivity contribution in [3.8, 4) is 33.1 Å². The van der Waals surface area contributed by atoms with Gasteiger partial charge >= 0.3 is 0 Å². The van der Waals surface area contributed by atoms with E-state index < -0.39 is 0 Å². The van der Waals surface area contributed by atoms with Crippen molar-refractivity contribution in [2.24, 2.45) is 5.92 Å². The van der Waals surface area contributed by atoms with Crippen LogP contribution in [0.3, 0.4) is 0 Å². The third-order valence-electron chi connectivity index (χ3n) is 5.86. The van der Waals surface area contributed by atoms with E-state index >= 15 is 0 Å². The summed E-state index contributed by atoms with van der Waals surface area (Å²) >= 11 is 1.09. The Hall–Kier alpha value is -4.44. The Labute approximate surface area is 208 Å². The number of amides is 1. The van der Waals surface area contributed by atoms with Gasteiger partial charge in [0.1, 0.15) is 5.69 Å². The summed E-state index contributed by atoms with van der Waals surface area (Å²) in [4.78, 5) is 29.9. The van der Waals surface area contributed by atoms with Crippen LogP contribution in [0.5, 0.6) is 0 Å². The molecule has 0 aliphatic carbocycles. The maximum absolute atomic E-state index is 13.7. The fourth-order valence-corrected chi connectivity index (χ4v) is 4.75. The summed E-state index contributed by atoms with van der Waals surface area (Å²) in [6.07, 6.45) is 5.07. The molecule has 0 saturated carbocycles. The molecule has 0 fully saturated rings. The zero-order valence-electron chi connectivity index (χ0n) is 19.3. The van der Waals surface area contributed by atoms with Crippen LogP contribution in [0.25, 0.3) is 55.2 Å². The molecule has 6 rings (SSSR count). The lowest BCUT2D eigenvalue weighted by molar-refractivity contribution is -0.118. The van der Waals surface area contributed by atoms with Gasteiger partial charge in [-0.3, -0.25) is 14.9 Å². The number of thiophene rings is 1. The van der Waals surface area contributed by atoms with Gasteiger partial charge in [0.15, 0.2) is 16.6 Å². The Balaban J connectivity index is 1.41. The van der Waals surface area contributed by atoms with Crippen molar-refractivity contribution in [1.29, 1.82) is 0 Å². The smallest absolute Gasteiger partial charge is 0.226 e. The number of aromatic amines is 2. The normalized spacial score (nSPS) is 11.6. The predicted molar refractivity (Wildman–Crippen MR) is 139 cm³/mol. The highest BCUT2D eigenvalue weighted by Gasteiger charge is 2.17. The fraction of sp³-hybridized carbons (Fsp3) is 0.115. The average molecular weight is 498 g/mol. The molecular weight excluding hydrogens is 477 g/mol. The first-order chi connectivity index (χ1) is 17.5. The molecule has 3 N–H and O–H groups in total. The molecule has 5 aromatic heterocycles. The van der Waals surface area contributed by atoms with Crippen molar-refractivity contribution >= 4 is 45.0 Å².